The number of halogens is 3. The summed E-state index contributed by atoms with van der Waals surface area (Å²) in [5.74, 6) is -0.562. The van der Waals surface area contributed by atoms with E-state index in [0.29, 0.717) is 39.0 Å². The van der Waals surface area contributed by atoms with Gasteiger partial charge in [-0.3, -0.25) is 9.59 Å². The van der Waals surface area contributed by atoms with Gasteiger partial charge in [-0.05, 0) is 25.0 Å². The molecule has 1 saturated carbocycles. The fourth-order valence-corrected chi connectivity index (χ4v) is 3.84. The molecule has 0 radical (unpaired) electrons. The van der Waals surface area contributed by atoms with Gasteiger partial charge < -0.3 is 20.3 Å². The van der Waals surface area contributed by atoms with E-state index in [1.54, 1.807) is 15.9 Å². The van der Waals surface area contributed by atoms with Gasteiger partial charge in [0.1, 0.15) is 5.75 Å². The summed E-state index contributed by atoms with van der Waals surface area (Å²) in [7, 11) is 0. The second-order valence-corrected chi connectivity index (χ2v) is 7.18. The molecule has 1 aromatic carbocycles. The number of ether oxygens (including phenoxy) is 1. The summed E-state index contributed by atoms with van der Waals surface area (Å²) in [5, 5.41) is 0. The summed E-state index contributed by atoms with van der Waals surface area (Å²) in [6, 6.07) is 5.96. The van der Waals surface area contributed by atoms with E-state index in [-0.39, 0.29) is 35.5 Å². The molecule has 156 valence electrons. The first-order valence-corrected chi connectivity index (χ1v) is 9.32. The smallest absolute Gasteiger partial charge is 0.387 e. The minimum atomic E-state index is -3.00. The van der Waals surface area contributed by atoms with Crippen molar-refractivity contribution in [3.05, 3.63) is 29.8 Å². The monoisotopic (exact) mass is 417 g/mol. The predicted molar refractivity (Wildman–Crippen MR) is 103 cm³/mol. The fraction of sp³-hybridized carbons (Fsp3) is 0.579. The first-order valence-electron chi connectivity index (χ1n) is 9.32. The molecule has 28 heavy (non-hydrogen) atoms. The summed E-state index contributed by atoms with van der Waals surface area (Å²) in [6.07, 6.45) is 4.42. The molecule has 6 nitrogen and oxygen atoms in total. The minimum absolute atomic E-state index is 0. The molecule has 1 aromatic rings. The van der Waals surface area contributed by atoms with Crippen LogP contribution in [0.5, 0.6) is 5.75 Å². The molecule has 0 bridgehead atoms. The molecule has 0 aromatic heterocycles. The summed E-state index contributed by atoms with van der Waals surface area (Å²) in [5.41, 5.74) is 5.63. The maximum Gasteiger partial charge on any atom is 0.387 e. The minimum Gasteiger partial charge on any atom is -0.434 e. The molecular formula is C19H26ClF2N3O3. The Bertz CT molecular complexity index is 691. The van der Waals surface area contributed by atoms with Gasteiger partial charge in [-0.2, -0.15) is 8.78 Å². The van der Waals surface area contributed by atoms with Crippen LogP contribution in [0.25, 0.3) is 0 Å². The van der Waals surface area contributed by atoms with Crippen molar-refractivity contribution < 1.29 is 23.1 Å². The number of piperazine rings is 1. The Labute approximate surface area is 169 Å². The van der Waals surface area contributed by atoms with Crippen molar-refractivity contribution in [1.29, 1.82) is 0 Å². The standard InChI is InChI=1S/C19H25F2N3O3.ClH/c20-18(21)27-15-7-3-2-6-14(15)16(25)23-10-12-24(13-11-23)17(26)19(22)8-4-1-5-9-19;/h2-3,6-7,18H,1,4-5,8-13,22H2;1H. The van der Waals surface area contributed by atoms with Crippen LogP contribution >= 0.6 is 12.4 Å². The molecule has 2 amide bonds. The highest BCUT2D eigenvalue weighted by Crippen LogP contribution is 2.28. The number of amides is 2. The average molecular weight is 418 g/mol. The topological polar surface area (TPSA) is 75.9 Å². The van der Waals surface area contributed by atoms with Gasteiger partial charge in [0.2, 0.25) is 5.91 Å². The average Bonchev–Trinajstić information content (AvgIpc) is 2.67. The highest BCUT2D eigenvalue weighted by atomic mass is 35.5. The number of hydrogen-bond donors (Lipinski definition) is 1. The zero-order chi connectivity index (χ0) is 19.4. The van der Waals surface area contributed by atoms with Gasteiger partial charge in [0, 0.05) is 26.2 Å². The number of hydrogen-bond acceptors (Lipinski definition) is 4. The summed E-state index contributed by atoms with van der Waals surface area (Å²) >= 11 is 0. The van der Waals surface area contributed by atoms with E-state index >= 15 is 0 Å². The van der Waals surface area contributed by atoms with Crippen molar-refractivity contribution in [2.75, 3.05) is 26.2 Å². The first-order chi connectivity index (χ1) is 12.9. The van der Waals surface area contributed by atoms with E-state index in [1.165, 1.54) is 18.2 Å². The predicted octanol–water partition coefficient (Wildman–Crippen LogP) is 2.66. The van der Waals surface area contributed by atoms with Gasteiger partial charge in [-0.25, -0.2) is 0 Å². The molecule has 0 atom stereocenters. The van der Waals surface area contributed by atoms with Crippen molar-refractivity contribution in [3.8, 4) is 5.75 Å². The number of nitrogens with zero attached hydrogens (tertiary/aromatic N) is 2. The van der Waals surface area contributed by atoms with Gasteiger partial charge in [-0.1, -0.05) is 31.4 Å². The van der Waals surface area contributed by atoms with E-state index in [4.69, 9.17) is 5.73 Å². The fourth-order valence-electron chi connectivity index (χ4n) is 3.84. The number of carbonyl (C=O) groups excluding carboxylic acids is 2. The molecule has 2 N–H and O–H groups in total. The highest BCUT2D eigenvalue weighted by Gasteiger charge is 2.39. The maximum atomic E-state index is 12.8. The lowest BCUT2D eigenvalue weighted by Gasteiger charge is -2.41. The third kappa shape index (κ3) is 4.91. The number of carbonyl (C=O) groups is 2. The highest BCUT2D eigenvalue weighted by molar-refractivity contribution is 5.97. The Morgan fingerprint density at radius 2 is 1.57 bits per heavy atom. The molecule has 0 spiro atoms. The van der Waals surface area contributed by atoms with Crippen LogP contribution < -0.4 is 10.5 Å². The Morgan fingerprint density at radius 1 is 1.00 bits per heavy atom. The van der Waals surface area contributed by atoms with Crippen LogP contribution in [0.3, 0.4) is 0 Å². The molecule has 1 aliphatic heterocycles. The molecule has 3 rings (SSSR count). The van der Waals surface area contributed by atoms with Crippen LogP contribution in [-0.4, -0.2) is 59.9 Å². The van der Waals surface area contributed by atoms with Crippen LogP contribution in [0, 0.1) is 0 Å². The van der Waals surface area contributed by atoms with E-state index < -0.39 is 12.2 Å². The van der Waals surface area contributed by atoms with Crippen LogP contribution in [0.1, 0.15) is 42.5 Å². The zero-order valence-corrected chi connectivity index (χ0v) is 16.4. The number of para-hydroxylation sites is 1. The van der Waals surface area contributed by atoms with Crippen LogP contribution in [0.15, 0.2) is 24.3 Å². The Kier molecular flexibility index (Phi) is 7.60. The molecular weight excluding hydrogens is 392 g/mol. The SMILES string of the molecule is Cl.NC1(C(=O)N2CCN(C(=O)c3ccccc3OC(F)F)CC2)CCCCC1. The summed E-state index contributed by atoms with van der Waals surface area (Å²) in [6.45, 7) is -1.54. The molecule has 1 aliphatic carbocycles. The maximum absolute atomic E-state index is 12.8. The van der Waals surface area contributed by atoms with E-state index in [1.807, 2.05) is 0 Å². The van der Waals surface area contributed by atoms with E-state index in [9.17, 15) is 18.4 Å². The van der Waals surface area contributed by atoms with Crippen LogP contribution in [0.4, 0.5) is 8.78 Å². The number of alkyl halides is 2. The van der Waals surface area contributed by atoms with Gasteiger partial charge >= 0.3 is 6.61 Å². The molecule has 2 fully saturated rings. The molecule has 2 aliphatic rings. The lowest BCUT2D eigenvalue weighted by molar-refractivity contribution is -0.139. The molecule has 1 heterocycles. The third-order valence-electron chi connectivity index (χ3n) is 5.36. The van der Waals surface area contributed by atoms with Crippen molar-refractivity contribution in [2.24, 2.45) is 5.73 Å². The normalized spacial score (nSPS) is 19.1. The van der Waals surface area contributed by atoms with Gasteiger partial charge in [0.25, 0.3) is 5.91 Å². The second-order valence-electron chi connectivity index (χ2n) is 7.18. The molecule has 0 unspecified atom stereocenters. The third-order valence-corrected chi connectivity index (χ3v) is 5.36. The van der Waals surface area contributed by atoms with Gasteiger partial charge in [0.05, 0.1) is 11.1 Å². The summed E-state index contributed by atoms with van der Waals surface area (Å²) in [4.78, 5) is 28.8. The van der Waals surface area contributed by atoms with Gasteiger partial charge in [0.15, 0.2) is 0 Å². The number of nitrogens with two attached hydrogens (primary N) is 1. The Morgan fingerprint density at radius 3 is 2.18 bits per heavy atom. The lowest BCUT2D eigenvalue weighted by Crippen LogP contribution is -2.60. The Hall–Kier alpha value is -1.93. The molecule has 9 heteroatoms. The quantitative estimate of drug-likeness (QED) is 0.817. The zero-order valence-electron chi connectivity index (χ0n) is 15.6. The van der Waals surface area contributed by atoms with E-state index in [0.717, 1.165) is 19.3 Å². The summed E-state index contributed by atoms with van der Waals surface area (Å²) < 4.78 is 29.6. The van der Waals surface area contributed by atoms with Crippen molar-refractivity contribution in [3.63, 3.8) is 0 Å². The number of benzene rings is 1. The lowest BCUT2D eigenvalue weighted by atomic mass is 9.81. The van der Waals surface area contributed by atoms with Crippen molar-refractivity contribution >= 4 is 24.2 Å². The Balaban J connectivity index is 0.00000280. The van der Waals surface area contributed by atoms with Crippen molar-refractivity contribution in [1.82, 2.24) is 9.80 Å². The molecule has 1 saturated heterocycles. The van der Waals surface area contributed by atoms with Crippen LogP contribution in [-0.2, 0) is 4.79 Å². The van der Waals surface area contributed by atoms with Crippen LogP contribution in [0.2, 0.25) is 0 Å². The number of rotatable bonds is 4. The largest absolute Gasteiger partial charge is 0.434 e. The second kappa shape index (κ2) is 9.52. The first kappa shape index (κ1) is 22.4. The van der Waals surface area contributed by atoms with E-state index in [2.05, 4.69) is 4.74 Å². The van der Waals surface area contributed by atoms with Crippen molar-refractivity contribution in [2.45, 2.75) is 44.3 Å². The van der Waals surface area contributed by atoms with Gasteiger partial charge in [-0.15, -0.1) is 12.4 Å².